The summed E-state index contributed by atoms with van der Waals surface area (Å²) in [6.07, 6.45) is 11.6. The molecular formula is C23H24FN3O2. The minimum Gasteiger partial charge on any atom is -0.489 e. The van der Waals surface area contributed by atoms with Crippen molar-refractivity contribution in [1.29, 1.82) is 0 Å². The van der Waals surface area contributed by atoms with Crippen LogP contribution in [-0.4, -0.2) is 22.5 Å². The SMILES string of the molecule is Cc1ncc(OC[C@@]2(C3C=CC=CC3)C[C@H]2C(=O)Nc2cccc(F)c2)c(C)n1. The molecular weight excluding hydrogens is 369 g/mol. The number of amides is 1. The van der Waals surface area contributed by atoms with E-state index >= 15 is 0 Å². The van der Waals surface area contributed by atoms with Crippen LogP contribution in [0.4, 0.5) is 10.1 Å². The van der Waals surface area contributed by atoms with E-state index in [1.54, 1.807) is 18.3 Å². The first kappa shape index (κ1) is 19.3. The Kier molecular flexibility index (Phi) is 5.18. The molecule has 1 fully saturated rings. The molecule has 1 N–H and O–H groups in total. The van der Waals surface area contributed by atoms with E-state index in [-0.39, 0.29) is 29.0 Å². The maximum atomic E-state index is 13.5. The molecule has 0 radical (unpaired) electrons. The van der Waals surface area contributed by atoms with Crippen LogP contribution in [0, 0.1) is 36.9 Å². The summed E-state index contributed by atoms with van der Waals surface area (Å²) < 4.78 is 19.6. The highest BCUT2D eigenvalue weighted by Gasteiger charge is 2.62. The highest BCUT2D eigenvalue weighted by molar-refractivity contribution is 5.95. The number of carbonyl (C=O) groups is 1. The molecule has 150 valence electrons. The third-order valence-electron chi connectivity index (χ3n) is 5.80. The molecule has 2 aliphatic rings. The van der Waals surface area contributed by atoms with Crippen LogP contribution in [0.5, 0.6) is 5.75 Å². The quantitative estimate of drug-likeness (QED) is 0.791. The van der Waals surface area contributed by atoms with Crippen molar-refractivity contribution < 1.29 is 13.9 Å². The molecule has 1 amide bonds. The Morgan fingerprint density at radius 2 is 2.21 bits per heavy atom. The van der Waals surface area contributed by atoms with Gasteiger partial charge in [0.2, 0.25) is 5.91 Å². The van der Waals surface area contributed by atoms with Crippen LogP contribution in [0.2, 0.25) is 0 Å². The Bertz CT molecular complexity index is 988. The standard InChI is InChI=1S/C23H24FN3O2/c1-15-21(13-25-16(2)26-15)29-14-23(17-7-4-3-5-8-17)12-20(23)22(28)27-19-10-6-9-18(24)11-19/h3-7,9-11,13,17,20H,8,12,14H2,1-2H3,(H,27,28)/t17?,20-,23+/m0/s1. The predicted molar refractivity (Wildman–Crippen MR) is 109 cm³/mol. The number of ether oxygens (including phenoxy) is 1. The average Bonchev–Trinajstić information content (AvgIpc) is 3.44. The number of nitrogens with one attached hydrogen (secondary N) is 1. The monoisotopic (exact) mass is 393 g/mol. The fourth-order valence-corrected chi connectivity index (χ4v) is 4.08. The van der Waals surface area contributed by atoms with Crippen molar-refractivity contribution in [1.82, 2.24) is 9.97 Å². The van der Waals surface area contributed by atoms with Gasteiger partial charge in [-0.25, -0.2) is 14.4 Å². The normalized spacial score (nSPS) is 24.9. The van der Waals surface area contributed by atoms with Crippen LogP contribution >= 0.6 is 0 Å². The maximum absolute atomic E-state index is 13.5. The summed E-state index contributed by atoms with van der Waals surface area (Å²) in [6.45, 7) is 4.14. The van der Waals surface area contributed by atoms with Crippen LogP contribution in [0.15, 0.2) is 54.8 Å². The van der Waals surface area contributed by atoms with E-state index < -0.39 is 0 Å². The molecule has 3 atom stereocenters. The Morgan fingerprint density at radius 1 is 1.34 bits per heavy atom. The lowest BCUT2D eigenvalue weighted by molar-refractivity contribution is -0.118. The van der Waals surface area contributed by atoms with Crippen molar-refractivity contribution in [3.8, 4) is 5.75 Å². The summed E-state index contributed by atoms with van der Waals surface area (Å²) in [7, 11) is 0. The van der Waals surface area contributed by atoms with Crippen LogP contribution in [0.3, 0.4) is 0 Å². The number of allylic oxidation sites excluding steroid dienone is 4. The number of hydrogen-bond donors (Lipinski definition) is 1. The van der Waals surface area contributed by atoms with Gasteiger partial charge in [-0.3, -0.25) is 4.79 Å². The number of nitrogens with zero attached hydrogens (tertiary/aromatic N) is 2. The summed E-state index contributed by atoms with van der Waals surface area (Å²) in [5.74, 6) is 0.883. The molecule has 1 aromatic carbocycles. The van der Waals surface area contributed by atoms with Crippen molar-refractivity contribution in [2.75, 3.05) is 11.9 Å². The number of halogens is 1. The second-order valence-corrected chi connectivity index (χ2v) is 7.80. The van der Waals surface area contributed by atoms with Gasteiger partial charge < -0.3 is 10.1 Å². The van der Waals surface area contributed by atoms with E-state index in [9.17, 15) is 9.18 Å². The molecule has 1 aromatic heterocycles. The summed E-state index contributed by atoms with van der Waals surface area (Å²) in [5.41, 5.74) is 0.961. The van der Waals surface area contributed by atoms with E-state index in [4.69, 9.17) is 4.74 Å². The van der Waals surface area contributed by atoms with E-state index in [1.807, 2.05) is 26.0 Å². The molecule has 2 aromatic rings. The zero-order valence-electron chi connectivity index (χ0n) is 16.6. The van der Waals surface area contributed by atoms with Gasteiger partial charge in [-0.1, -0.05) is 30.4 Å². The Morgan fingerprint density at radius 3 is 2.93 bits per heavy atom. The van der Waals surface area contributed by atoms with E-state index in [0.29, 0.717) is 23.9 Å². The molecule has 6 heteroatoms. The molecule has 0 spiro atoms. The molecule has 0 aliphatic heterocycles. The van der Waals surface area contributed by atoms with Gasteiger partial charge in [0.25, 0.3) is 0 Å². The number of rotatable bonds is 6. The largest absolute Gasteiger partial charge is 0.489 e. The first-order chi connectivity index (χ1) is 14.0. The van der Waals surface area contributed by atoms with Crippen molar-refractivity contribution in [2.45, 2.75) is 26.7 Å². The zero-order valence-corrected chi connectivity index (χ0v) is 16.6. The average molecular weight is 393 g/mol. The van der Waals surface area contributed by atoms with Crippen molar-refractivity contribution >= 4 is 11.6 Å². The summed E-state index contributed by atoms with van der Waals surface area (Å²) in [6, 6.07) is 5.96. The lowest BCUT2D eigenvalue weighted by atomic mass is 9.82. The van der Waals surface area contributed by atoms with Gasteiger partial charge in [-0.15, -0.1) is 0 Å². The second-order valence-electron chi connectivity index (χ2n) is 7.80. The van der Waals surface area contributed by atoms with Gasteiger partial charge in [0.1, 0.15) is 11.6 Å². The Balaban J connectivity index is 1.51. The molecule has 5 nitrogen and oxygen atoms in total. The number of benzene rings is 1. The molecule has 0 bridgehead atoms. The van der Waals surface area contributed by atoms with Gasteiger partial charge in [-0.2, -0.15) is 0 Å². The third-order valence-corrected chi connectivity index (χ3v) is 5.80. The first-order valence-corrected chi connectivity index (χ1v) is 9.81. The van der Waals surface area contributed by atoms with Crippen LogP contribution in [0.25, 0.3) is 0 Å². The first-order valence-electron chi connectivity index (χ1n) is 9.81. The molecule has 1 heterocycles. The van der Waals surface area contributed by atoms with Gasteiger partial charge in [0, 0.05) is 17.0 Å². The lowest BCUT2D eigenvalue weighted by Gasteiger charge is -2.26. The fourth-order valence-electron chi connectivity index (χ4n) is 4.08. The van der Waals surface area contributed by atoms with Gasteiger partial charge in [-0.05, 0) is 50.8 Å². The highest BCUT2D eigenvalue weighted by Crippen LogP contribution is 2.60. The topological polar surface area (TPSA) is 64.1 Å². The lowest BCUT2D eigenvalue weighted by Crippen LogP contribution is -2.29. The molecule has 4 rings (SSSR count). The molecule has 2 aliphatic carbocycles. The second kappa shape index (κ2) is 7.78. The van der Waals surface area contributed by atoms with Crippen LogP contribution in [0.1, 0.15) is 24.4 Å². The third kappa shape index (κ3) is 4.06. The van der Waals surface area contributed by atoms with Crippen molar-refractivity contribution in [3.05, 3.63) is 72.1 Å². The number of hydrogen-bond acceptors (Lipinski definition) is 4. The highest BCUT2D eigenvalue weighted by atomic mass is 19.1. The van der Waals surface area contributed by atoms with Gasteiger partial charge in [0.05, 0.1) is 18.5 Å². The minimum absolute atomic E-state index is 0.0981. The summed E-state index contributed by atoms with van der Waals surface area (Å²) >= 11 is 0. The van der Waals surface area contributed by atoms with Gasteiger partial charge >= 0.3 is 0 Å². The number of aromatic nitrogens is 2. The van der Waals surface area contributed by atoms with E-state index in [0.717, 1.165) is 18.5 Å². The van der Waals surface area contributed by atoms with E-state index in [2.05, 4.69) is 27.4 Å². The summed E-state index contributed by atoms with van der Waals surface area (Å²) in [5, 5.41) is 2.85. The smallest absolute Gasteiger partial charge is 0.228 e. The van der Waals surface area contributed by atoms with Crippen molar-refractivity contribution in [3.63, 3.8) is 0 Å². The number of anilines is 1. The van der Waals surface area contributed by atoms with E-state index in [1.165, 1.54) is 12.1 Å². The predicted octanol–water partition coefficient (Wildman–Crippen LogP) is 4.39. The number of aryl methyl sites for hydroxylation is 2. The summed E-state index contributed by atoms with van der Waals surface area (Å²) in [4.78, 5) is 21.5. The van der Waals surface area contributed by atoms with Crippen LogP contribution in [-0.2, 0) is 4.79 Å². The molecule has 1 unspecified atom stereocenters. The zero-order chi connectivity index (χ0) is 20.4. The fraction of sp³-hybridized carbons (Fsp3) is 0.348. The maximum Gasteiger partial charge on any atom is 0.228 e. The Labute approximate surface area is 169 Å². The van der Waals surface area contributed by atoms with Crippen molar-refractivity contribution in [2.24, 2.45) is 17.3 Å². The van der Waals surface area contributed by atoms with Gasteiger partial charge in [0.15, 0.2) is 5.75 Å². The molecule has 29 heavy (non-hydrogen) atoms. The molecule has 0 saturated heterocycles. The van der Waals surface area contributed by atoms with Crippen LogP contribution < -0.4 is 10.1 Å². The molecule has 1 saturated carbocycles. The Hall–Kier alpha value is -3.02. The number of carbonyl (C=O) groups excluding carboxylic acids is 1. The minimum atomic E-state index is -0.372.